The van der Waals surface area contributed by atoms with E-state index in [-0.39, 0.29) is 0 Å². The molecule has 3 aromatic rings. The zero-order valence-corrected chi connectivity index (χ0v) is 17.4. The van der Waals surface area contributed by atoms with Crippen LogP contribution in [0.15, 0.2) is 36.7 Å². The summed E-state index contributed by atoms with van der Waals surface area (Å²) in [5.74, 6) is 1.14. The third-order valence-electron chi connectivity index (χ3n) is 5.59. The first-order valence-electron chi connectivity index (χ1n) is 10.2. The third-order valence-corrected chi connectivity index (χ3v) is 5.59. The molecule has 3 aromatic heterocycles. The van der Waals surface area contributed by atoms with Gasteiger partial charge in [-0.05, 0) is 63.4 Å². The Bertz CT molecular complexity index is 944. The summed E-state index contributed by atoms with van der Waals surface area (Å²) in [4.78, 5) is 7.00. The summed E-state index contributed by atoms with van der Waals surface area (Å²) >= 11 is 0. The summed E-state index contributed by atoms with van der Waals surface area (Å²) in [5.41, 5.74) is 5.22. The minimum atomic E-state index is 0.554. The summed E-state index contributed by atoms with van der Waals surface area (Å²) in [6, 6.07) is 7.97. The second kappa shape index (κ2) is 8.69. The molecule has 0 radical (unpaired) electrons. The van der Waals surface area contributed by atoms with Crippen LogP contribution in [0.4, 0.5) is 0 Å². The van der Waals surface area contributed by atoms with Gasteiger partial charge in [0.05, 0.1) is 23.7 Å². The van der Waals surface area contributed by atoms with Gasteiger partial charge in [0.2, 0.25) is 5.88 Å². The second-order valence-corrected chi connectivity index (χ2v) is 7.86. The van der Waals surface area contributed by atoms with Gasteiger partial charge in [-0.3, -0.25) is 14.6 Å². The van der Waals surface area contributed by atoms with Crippen molar-refractivity contribution in [3.05, 3.63) is 53.6 Å². The molecule has 4 rings (SSSR count). The van der Waals surface area contributed by atoms with Crippen molar-refractivity contribution < 1.29 is 4.74 Å². The maximum Gasteiger partial charge on any atom is 0.233 e. The fraction of sp³-hybridized carbons (Fsp3) is 0.455. The Morgan fingerprint density at radius 3 is 2.59 bits per heavy atom. The predicted octanol–water partition coefficient (Wildman–Crippen LogP) is 3.18. The largest absolute Gasteiger partial charge is 0.476 e. The van der Waals surface area contributed by atoms with Gasteiger partial charge in [-0.25, -0.2) is 0 Å². The van der Waals surface area contributed by atoms with Crippen LogP contribution < -0.4 is 4.74 Å². The van der Waals surface area contributed by atoms with E-state index in [0.29, 0.717) is 18.4 Å². The highest BCUT2D eigenvalue weighted by atomic mass is 16.5. The maximum absolute atomic E-state index is 5.92. The minimum Gasteiger partial charge on any atom is -0.476 e. The van der Waals surface area contributed by atoms with E-state index < -0.39 is 0 Å². The monoisotopic (exact) mass is 392 g/mol. The number of hydrogen-bond acceptors (Lipinski definition) is 6. The van der Waals surface area contributed by atoms with Crippen molar-refractivity contribution in [2.45, 2.75) is 33.2 Å². The van der Waals surface area contributed by atoms with Crippen LogP contribution in [0.5, 0.6) is 5.88 Å². The van der Waals surface area contributed by atoms with Gasteiger partial charge in [0.25, 0.3) is 0 Å². The Morgan fingerprint density at radius 2 is 1.93 bits per heavy atom. The van der Waals surface area contributed by atoms with E-state index in [1.807, 2.05) is 44.6 Å². The van der Waals surface area contributed by atoms with Crippen molar-refractivity contribution in [1.82, 2.24) is 29.9 Å². The van der Waals surface area contributed by atoms with Crippen LogP contribution in [-0.4, -0.2) is 49.6 Å². The lowest BCUT2D eigenvalue weighted by Crippen LogP contribution is -2.35. The van der Waals surface area contributed by atoms with Crippen LogP contribution in [0.25, 0.3) is 11.3 Å². The topological polar surface area (TPSA) is 69.0 Å². The molecule has 0 unspecified atom stereocenters. The molecule has 7 heteroatoms. The summed E-state index contributed by atoms with van der Waals surface area (Å²) in [7, 11) is 1.91. The van der Waals surface area contributed by atoms with Crippen LogP contribution in [0.3, 0.4) is 0 Å². The molecule has 0 bridgehead atoms. The molecular formula is C22H28N6O. The lowest BCUT2D eigenvalue weighted by molar-refractivity contribution is 0.133. The zero-order chi connectivity index (χ0) is 20.2. The molecule has 152 valence electrons. The molecule has 0 amide bonds. The summed E-state index contributed by atoms with van der Waals surface area (Å²) in [6.07, 6.45) is 6.10. The number of rotatable bonds is 6. The van der Waals surface area contributed by atoms with E-state index in [2.05, 4.69) is 38.2 Å². The number of nitrogens with zero attached hydrogens (tertiary/aromatic N) is 6. The van der Waals surface area contributed by atoms with Crippen LogP contribution in [0.2, 0.25) is 0 Å². The molecule has 0 aromatic carbocycles. The standard InChI is InChI=1S/C22H28N6O/c1-16-5-4-10-23-21(16)14-28-11-8-18(9-12-28)15-29-22-7-6-20(24-25-22)19-13-27(3)26-17(19)2/h4-7,10,13,18H,8-9,11-12,14-15H2,1-3H3. The number of aryl methyl sites for hydroxylation is 3. The molecule has 0 N–H and O–H groups in total. The molecule has 1 saturated heterocycles. The quantitative estimate of drug-likeness (QED) is 0.642. The molecule has 1 aliphatic heterocycles. The fourth-order valence-corrected chi connectivity index (χ4v) is 3.80. The zero-order valence-electron chi connectivity index (χ0n) is 17.4. The van der Waals surface area contributed by atoms with Crippen LogP contribution in [0.1, 0.15) is 29.8 Å². The van der Waals surface area contributed by atoms with Gasteiger partial charge in [-0.15, -0.1) is 10.2 Å². The number of aromatic nitrogens is 5. The van der Waals surface area contributed by atoms with Crippen LogP contribution in [-0.2, 0) is 13.6 Å². The number of ether oxygens (including phenoxy) is 1. The third kappa shape index (κ3) is 4.79. The number of piperidine rings is 1. The second-order valence-electron chi connectivity index (χ2n) is 7.86. The van der Waals surface area contributed by atoms with Crippen LogP contribution >= 0.6 is 0 Å². The van der Waals surface area contributed by atoms with E-state index in [0.717, 1.165) is 49.4 Å². The molecule has 0 spiro atoms. The van der Waals surface area contributed by atoms with E-state index >= 15 is 0 Å². The lowest BCUT2D eigenvalue weighted by Gasteiger charge is -2.31. The SMILES string of the molecule is Cc1cccnc1CN1CCC(COc2ccc(-c3cn(C)nc3C)nn2)CC1. The first kappa shape index (κ1) is 19.5. The molecule has 1 fully saturated rings. The van der Waals surface area contributed by atoms with E-state index in [9.17, 15) is 0 Å². The molecule has 7 nitrogen and oxygen atoms in total. The predicted molar refractivity (Wildman–Crippen MR) is 111 cm³/mol. The smallest absolute Gasteiger partial charge is 0.233 e. The lowest BCUT2D eigenvalue weighted by atomic mass is 9.97. The highest BCUT2D eigenvalue weighted by Crippen LogP contribution is 2.23. The summed E-state index contributed by atoms with van der Waals surface area (Å²) in [5, 5.41) is 12.9. The first-order valence-corrected chi connectivity index (χ1v) is 10.2. The van der Waals surface area contributed by atoms with Gasteiger partial charge >= 0.3 is 0 Å². The van der Waals surface area contributed by atoms with Crippen molar-refractivity contribution in [3.8, 4) is 17.1 Å². The highest BCUT2D eigenvalue weighted by molar-refractivity contribution is 5.60. The summed E-state index contributed by atoms with van der Waals surface area (Å²) < 4.78 is 7.71. The number of hydrogen-bond donors (Lipinski definition) is 0. The fourth-order valence-electron chi connectivity index (χ4n) is 3.80. The Hall–Kier alpha value is -2.80. The molecule has 4 heterocycles. The van der Waals surface area contributed by atoms with Crippen molar-refractivity contribution in [1.29, 1.82) is 0 Å². The first-order chi connectivity index (χ1) is 14.1. The molecular weight excluding hydrogens is 364 g/mol. The Morgan fingerprint density at radius 1 is 1.10 bits per heavy atom. The molecule has 29 heavy (non-hydrogen) atoms. The van der Waals surface area contributed by atoms with Gasteiger partial charge in [-0.2, -0.15) is 5.10 Å². The summed E-state index contributed by atoms with van der Waals surface area (Å²) in [6.45, 7) is 7.88. The highest BCUT2D eigenvalue weighted by Gasteiger charge is 2.21. The van der Waals surface area contributed by atoms with Gasteiger partial charge in [0, 0.05) is 37.6 Å². The van der Waals surface area contributed by atoms with E-state index in [4.69, 9.17) is 4.74 Å². The Balaban J connectivity index is 1.25. The van der Waals surface area contributed by atoms with Gasteiger partial charge < -0.3 is 4.74 Å². The molecule has 0 aliphatic carbocycles. The molecule has 0 saturated carbocycles. The normalized spacial score (nSPS) is 15.6. The molecule has 0 atom stereocenters. The minimum absolute atomic E-state index is 0.554. The van der Waals surface area contributed by atoms with Gasteiger partial charge in [-0.1, -0.05) is 6.07 Å². The van der Waals surface area contributed by atoms with Crippen molar-refractivity contribution in [2.75, 3.05) is 19.7 Å². The molecule has 1 aliphatic rings. The van der Waals surface area contributed by atoms with Gasteiger partial charge in [0.15, 0.2) is 0 Å². The Labute approximate surface area is 171 Å². The van der Waals surface area contributed by atoms with Crippen molar-refractivity contribution in [2.24, 2.45) is 13.0 Å². The number of pyridine rings is 1. The number of likely N-dealkylation sites (tertiary alicyclic amines) is 1. The maximum atomic E-state index is 5.92. The average Bonchev–Trinajstić information content (AvgIpc) is 3.07. The van der Waals surface area contributed by atoms with Crippen molar-refractivity contribution >= 4 is 0 Å². The average molecular weight is 393 g/mol. The van der Waals surface area contributed by atoms with Crippen molar-refractivity contribution in [3.63, 3.8) is 0 Å². The van der Waals surface area contributed by atoms with E-state index in [1.54, 1.807) is 4.68 Å². The van der Waals surface area contributed by atoms with Crippen LogP contribution in [0, 0.1) is 19.8 Å². The van der Waals surface area contributed by atoms with E-state index in [1.165, 1.54) is 11.3 Å². The Kier molecular flexibility index (Phi) is 5.85. The van der Waals surface area contributed by atoms with Gasteiger partial charge in [0.1, 0.15) is 0 Å².